The number of benzene rings is 6. The molecule has 4 aliphatic heterocycles. The van der Waals surface area contributed by atoms with Crippen molar-refractivity contribution in [3.8, 4) is 91.2 Å². The Morgan fingerprint density at radius 3 is 1.16 bits per heavy atom. The molecule has 2 atom stereocenters. The number of anilines is 2. The maximum atomic E-state index is 15.3. The lowest BCUT2D eigenvalue weighted by Crippen LogP contribution is -2.34. The number of ketones is 1. The Balaban J connectivity index is 1.15. The van der Waals surface area contributed by atoms with Crippen molar-refractivity contribution >= 4 is 38.7 Å². The molecule has 4 aliphatic rings. The largest absolute Gasteiger partial charge is 0.496 e. The lowest BCUT2D eigenvalue weighted by atomic mass is 9.80. The third-order valence-electron chi connectivity index (χ3n) is 13.0. The van der Waals surface area contributed by atoms with Crippen LogP contribution in [0.3, 0.4) is 0 Å². The van der Waals surface area contributed by atoms with Crippen LogP contribution in [-0.4, -0.2) is 90.3 Å². The molecule has 6 aromatic carbocycles. The molecule has 15 heteroatoms. The number of Topliss-reactive ketones (excluding diaryl/α,β-unsaturated/α-hetero) is 1. The zero-order valence-corrected chi connectivity index (χ0v) is 37.3. The van der Waals surface area contributed by atoms with Gasteiger partial charge in [-0.1, -0.05) is 0 Å². The summed E-state index contributed by atoms with van der Waals surface area (Å²) in [6, 6.07) is 14.3. The Morgan fingerprint density at radius 1 is 0.469 bits per heavy atom. The standard InChI is InChI=1S/C49H48N2O13/c1-50-30(44-42(38(59-9)19-40-48(44)63-21-61-40)28-17-32(53-3)24-13-34(55-5)36(57-7)15-26(24)46(28)50)11-23(52)12-31-45-43(39(60-10)20-41-49(45)64-22-62-41)29-18-33(54-4)25-14-35(56-6)37(58-8)16-27(25)47(29)51(31)2/h13-20,30-31H,11-12,21-22H2,1-10H3/t30-,31-/m0/s1. The van der Waals surface area contributed by atoms with E-state index in [9.17, 15) is 0 Å². The minimum atomic E-state index is -0.539. The topological polar surface area (TPSA) is 134 Å². The zero-order valence-electron chi connectivity index (χ0n) is 37.3. The Hall–Kier alpha value is -7.29. The van der Waals surface area contributed by atoms with Gasteiger partial charge in [-0.3, -0.25) is 4.79 Å². The van der Waals surface area contributed by atoms with Gasteiger partial charge >= 0.3 is 0 Å². The summed E-state index contributed by atoms with van der Waals surface area (Å²) >= 11 is 0. The number of rotatable bonds is 12. The molecule has 0 amide bonds. The van der Waals surface area contributed by atoms with E-state index in [1.807, 2.05) is 62.6 Å². The van der Waals surface area contributed by atoms with Gasteiger partial charge in [0.05, 0.1) is 80.3 Å². The molecule has 0 bridgehead atoms. The summed E-state index contributed by atoms with van der Waals surface area (Å²) in [5, 5.41) is 3.29. The fourth-order valence-corrected chi connectivity index (χ4v) is 10.2. The highest BCUT2D eigenvalue weighted by atomic mass is 16.7. The van der Waals surface area contributed by atoms with Gasteiger partial charge < -0.3 is 66.6 Å². The minimum absolute atomic E-state index is 0.0255. The maximum Gasteiger partial charge on any atom is 0.231 e. The van der Waals surface area contributed by atoms with Gasteiger partial charge in [0.15, 0.2) is 46.0 Å². The molecule has 332 valence electrons. The molecule has 4 heterocycles. The summed E-state index contributed by atoms with van der Waals surface area (Å²) in [6.45, 7) is 0.0510. The van der Waals surface area contributed by atoms with E-state index in [-0.39, 0.29) is 32.2 Å². The Morgan fingerprint density at radius 2 is 0.812 bits per heavy atom. The predicted molar refractivity (Wildman–Crippen MR) is 240 cm³/mol. The number of fused-ring (bicyclic) bond motifs is 14. The van der Waals surface area contributed by atoms with Crippen LogP contribution in [0.4, 0.5) is 11.4 Å². The summed E-state index contributed by atoms with van der Waals surface area (Å²) in [5.74, 6) is 6.75. The molecule has 0 aromatic heterocycles. The van der Waals surface area contributed by atoms with Crippen LogP contribution in [0.1, 0.15) is 36.1 Å². The van der Waals surface area contributed by atoms with E-state index in [2.05, 4.69) is 9.80 Å². The van der Waals surface area contributed by atoms with Crippen molar-refractivity contribution in [2.24, 2.45) is 0 Å². The molecule has 0 spiro atoms. The molecular formula is C49H48N2O13. The Kier molecular flexibility index (Phi) is 9.87. The average molecular weight is 873 g/mol. The van der Waals surface area contributed by atoms with Gasteiger partial charge in [-0.2, -0.15) is 0 Å². The molecule has 0 aliphatic carbocycles. The molecule has 10 rings (SSSR count). The van der Waals surface area contributed by atoms with Crippen LogP contribution in [-0.2, 0) is 4.79 Å². The third kappa shape index (κ3) is 5.82. The number of hydrogen-bond acceptors (Lipinski definition) is 15. The minimum Gasteiger partial charge on any atom is -0.496 e. The van der Waals surface area contributed by atoms with Crippen LogP contribution >= 0.6 is 0 Å². The number of nitrogens with zero attached hydrogens (tertiary/aromatic N) is 2. The van der Waals surface area contributed by atoms with Crippen LogP contribution in [0, 0.1) is 0 Å². The lowest BCUT2D eigenvalue weighted by Gasteiger charge is -2.41. The van der Waals surface area contributed by atoms with E-state index < -0.39 is 12.1 Å². The Labute approximate surface area is 369 Å². The van der Waals surface area contributed by atoms with E-state index in [0.29, 0.717) is 69.0 Å². The van der Waals surface area contributed by atoms with Gasteiger partial charge in [-0.25, -0.2) is 0 Å². The van der Waals surface area contributed by atoms with Crippen LogP contribution in [0.15, 0.2) is 48.5 Å². The van der Waals surface area contributed by atoms with E-state index in [1.54, 1.807) is 56.9 Å². The maximum absolute atomic E-state index is 15.3. The second-order valence-electron chi connectivity index (χ2n) is 15.9. The second kappa shape index (κ2) is 15.5. The van der Waals surface area contributed by atoms with Crippen molar-refractivity contribution in [2.75, 3.05) is 94.4 Å². The van der Waals surface area contributed by atoms with Crippen molar-refractivity contribution in [3.05, 3.63) is 59.7 Å². The molecule has 0 fully saturated rings. The fraction of sp³-hybridized carbons (Fsp3) is 0.327. The molecule has 0 unspecified atom stereocenters. The monoisotopic (exact) mass is 872 g/mol. The lowest BCUT2D eigenvalue weighted by molar-refractivity contribution is -0.119. The van der Waals surface area contributed by atoms with Gasteiger partial charge in [-0.05, 0) is 36.4 Å². The van der Waals surface area contributed by atoms with Gasteiger partial charge in [0.25, 0.3) is 0 Å². The first-order chi connectivity index (χ1) is 31.1. The summed E-state index contributed by atoms with van der Waals surface area (Å²) in [5.41, 5.74) is 6.48. The normalized spacial score (nSPS) is 16.2. The van der Waals surface area contributed by atoms with Gasteiger partial charge in [-0.15, -0.1) is 0 Å². The highest BCUT2D eigenvalue weighted by molar-refractivity contribution is 6.11. The molecule has 0 saturated carbocycles. The number of carbonyl (C=O) groups excluding carboxylic acids is 1. The van der Waals surface area contributed by atoms with Gasteiger partial charge in [0, 0.05) is 94.0 Å². The predicted octanol–water partition coefficient (Wildman–Crippen LogP) is 8.88. The summed E-state index contributed by atoms with van der Waals surface area (Å²) < 4.78 is 71.8. The number of methoxy groups -OCH3 is 8. The summed E-state index contributed by atoms with van der Waals surface area (Å²) in [4.78, 5) is 19.6. The molecule has 0 radical (unpaired) electrons. The molecule has 0 N–H and O–H groups in total. The number of carbonyl (C=O) groups is 1. The van der Waals surface area contributed by atoms with E-state index >= 15 is 4.79 Å². The van der Waals surface area contributed by atoms with Gasteiger partial charge in [0.1, 0.15) is 28.8 Å². The molecule has 0 saturated heterocycles. The highest BCUT2D eigenvalue weighted by Crippen LogP contribution is 2.62. The van der Waals surface area contributed by atoms with Crippen molar-refractivity contribution in [1.29, 1.82) is 0 Å². The molecule has 15 nitrogen and oxygen atoms in total. The quantitative estimate of drug-likeness (QED) is 0.116. The van der Waals surface area contributed by atoms with Crippen molar-refractivity contribution in [3.63, 3.8) is 0 Å². The summed E-state index contributed by atoms with van der Waals surface area (Å²) in [6.07, 6.45) is 0.161. The first-order valence-electron chi connectivity index (χ1n) is 20.7. The zero-order chi connectivity index (χ0) is 44.7. The first-order valence-corrected chi connectivity index (χ1v) is 20.7. The molecular weight excluding hydrogens is 825 g/mol. The smallest absolute Gasteiger partial charge is 0.231 e. The van der Waals surface area contributed by atoms with Crippen LogP contribution < -0.4 is 66.6 Å². The van der Waals surface area contributed by atoms with Gasteiger partial charge in [0.2, 0.25) is 13.6 Å². The van der Waals surface area contributed by atoms with Crippen LogP contribution in [0.25, 0.3) is 43.8 Å². The highest BCUT2D eigenvalue weighted by Gasteiger charge is 2.43. The molecule has 6 aromatic rings. The van der Waals surface area contributed by atoms with E-state index in [0.717, 1.165) is 66.3 Å². The van der Waals surface area contributed by atoms with Crippen LogP contribution in [0.2, 0.25) is 0 Å². The second-order valence-corrected chi connectivity index (χ2v) is 15.9. The summed E-state index contributed by atoms with van der Waals surface area (Å²) in [7, 11) is 16.9. The van der Waals surface area contributed by atoms with Crippen molar-refractivity contribution < 1.29 is 61.6 Å². The fourth-order valence-electron chi connectivity index (χ4n) is 10.2. The molecule has 64 heavy (non-hydrogen) atoms. The SMILES string of the molecule is COc1cc2c(OC)cc3c(c2cc1OC)N(C)[C@@H](CC(=O)C[C@H]1c2c4c(cc(OC)c2-c2cc(OC)c5cc(OC)c(OC)cc5c2N1C)OCO4)c1c2c(cc(OC)c1-3)OCO2. The van der Waals surface area contributed by atoms with E-state index in [4.69, 9.17) is 56.8 Å². The average Bonchev–Trinajstić information content (AvgIpc) is 4.01. The first kappa shape index (κ1) is 40.8. The van der Waals surface area contributed by atoms with E-state index in [1.165, 1.54) is 0 Å². The van der Waals surface area contributed by atoms with Crippen molar-refractivity contribution in [2.45, 2.75) is 24.9 Å². The number of ether oxygens (including phenoxy) is 12. The number of hydrogen-bond donors (Lipinski definition) is 0. The third-order valence-corrected chi connectivity index (χ3v) is 13.0. The van der Waals surface area contributed by atoms with Crippen molar-refractivity contribution in [1.82, 2.24) is 0 Å². The Bertz CT molecular complexity index is 2740. The van der Waals surface area contributed by atoms with Crippen LogP contribution in [0.5, 0.6) is 69.0 Å².